The molecule has 1 aliphatic heterocycles. The Morgan fingerprint density at radius 2 is 1.82 bits per heavy atom. The number of benzene rings is 2. The minimum absolute atomic E-state index is 0.0380. The number of hydrogen-bond acceptors (Lipinski definition) is 8. The third kappa shape index (κ3) is 5.30. The lowest BCUT2D eigenvalue weighted by Crippen LogP contribution is -2.51. The summed E-state index contributed by atoms with van der Waals surface area (Å²) < 4.78 is 8.73. The number of hydrogen-bond donors (Lipinski definition) is 2. The highest BCUT2D eigenvalue weighted by molar-refractivity contribution is 5.97. The largest absolute Gasteiger partial charge is 0.457 e. The van der Waals surface area contributed by atoms with E-state index in [9.17, 15) is 14.9 Å². The number of anilines is 1. The van der Waals surface area contributed by atoms with Crippen molar-refractivity contribution >= 4 is 22.9 Å². The maximum absolute atomic E-state index is 13.6. The Labute approximate surface area is 231 Å². The molecule has 204 valence electrons. The third-order valence-electron chi connectivity index (χ3n) is 6.96. The molecule has 40 heavy (non-hydrogen) atoms. The second-order valence-electron chi connectivity index (χ2n) is 10.0. The molecule has 11 heteroatoms. The molecule has 2 aromatic heterocycles. The number of aromatic nitrogens is 4. The molecule has 3 heterocycles. The van der Waals surface area contributed by atoms with Crippen molar-refractivity contribution in [3.8, 4) is 23.3 Å². The highest BCUT2D eigenvalue weighted by Crippen LogP contribution is 2.25. The number of rotatable bonds is 9. The lowest BCUT2D eigenvalue weighted by molar-refractivity contribution is -0.117. The van der Waals surface area contributed by atoms with Gasteiger partial charge in [-0.2, -0.15) is 5.26 Å². The fraction of sp³-hybridized carbons (Fsp3) is 0.276. The molecule has 0 unspecified atom stereocenters. The number of nitrogens with one attached hydrogen (secondary N) is 1. The van der Waals surface area contributed by atoms with Gasteiger partial charge in [0, 0.05) is 31.7 Å². The van der Waals surface area contributed by atoms with Crippen molar-refractivity contribution in [3.05, 3.63) is 83.1 Å². The highest BCUT2D eigenvalue weighted by atomic mass is 16.5. The number of imidazole rings is 1. The minimum atomic E-state index is -0.490. The van der Waals surface area contributed by atoms with E-state index in [1.54, 1.807) is 30.3 Å². The molecule has 0 atom stereocenters. The molecule has 3 N–H and O–H groups in total. The van der Waals surface area contributed by atoms with Crippen LogP contribution in [0, 0.1) is 11.3 Å². The molecule has 2 aromatic carbocycles. The van der Waals surface area contributed by atoms with Crippen LogP contribution in [0.4, 0.5) is 5.82 Å². The van der Waals surface area contributed by atoms with Crippen LogP contribution in [0.15, 0.2) is 77.4 Å². The van der Waals surface area contributed by atoms with Crippen molar-refractivity contribution < 1.29 is 9.53 Å². The van der Waals surface area contributed by atoms with Gasteiger partial charge in [-0.05, 0) is 62.7 Å². The highest BCUT2D eigenvalue weighted by Gasteiger charge is 2.30. The Morgan fingerprint density at radius 3 is 2.48 bits per heavy atom. The second-order valence-corrected chi connectivity index (χ2v) is 10.0. The number of para-hydroxylation sites is 1. The van der Waals surface area contributed by atoms with E-state index >= 15 is 0 Å². The summed E-state index contributed by atoms with van der Waals surface area (Å²) in [5.41, 5.74) is 6.69. The normalized spacial score (nSPS) is 14.0. The van der Waals surface area contributed by atoms with Gasteiger partial charge in [-0.15, -0.1) is 0 Å². The zero-order valence-corrected chi connectivity index (χ0v) is 22.4. The molecule has 0 saturated carbocycles. The molecule has 1 aliphatic rings. The van der Waals surface area contributed by atoms with Gasteiger partial charge in [-0.3, -0.25) is 18.8 Å². The van der Waals surface area contributed by atoms with Gasteiger partial charge >= 0.3 is 5.69 Å². The Balaban J connectivity index is 1.36. The van der Waals surface area contributed by atoms with E-state index < -0.39 is 11.4 Å². The Kier molecular flexibility index (Phi) is 7.35. The molecule has 1 fully saturated rings. The van der Waals surface area contributed by atoms with E-state index in [2.05, 4.69) is 20.2 Å². The van der Waals surface area contributed by atoms with Crippen LogP contribution in [0.1, 0.15) is 20.3 Å². The smallest absolute Gasteiger partial charge is 0.335 e. The first-order chi connectivity index (χ1) is 19.3. The fourth-order valence-electron chi connectivity index (χ4n) is 4.69. The van der Waals surface area contributed by atoms with E-state index in [0.717, 1.165) is 19.5 Å². The molecule has 5 rings (SSSR count). The second kappa shape index (κ2) is 11.0. The molecule has 11 nitrogen and oxygen atoms in total. The van der Waals surface area contributed by atoms with Gasteiger partial charge < -0.3 is 15.8 Å². The molecule has 0 spiro atoms. The SMILES string of the molecule is CC(C)(C=C(C#N)C(=O)NCCn1c(=O)n(-c2ccc(Oc3ccccc3)cc2)c2c(N)ncnc21)N1CCC1. The van der Waals surface area contributed by atoms with Gasteiger partial charge in [0.05, 0.1) is 5.69 Å². The first-order valence-electron chi connectivity index (χ1n) is 13.0. The van der Waals surface area contributed by atoms with Gasteiger partial charge in [0.25, 0.3) is 5.91 Å². The number of nitrogen functional groups attached to an aromatic ring is 1. The maximum Gasteiger partial charge on any atom is 0.335 e. The summed E-state index contributed by atoms with van der Waals surface area (Å²) in [7, 11) is 0. The van der Waals surface area contributed by atoms with Crippen molar-refractivity contribution in [2.45, 2.75) is 32.4 Å². The van der Waals surface area contributed by atoms with Crippen LogP contribution in [0.5, 0.6) is 11.5 Å². The van der Waals surface area contributed by atoms with Crippen LogP contribution < -0.4 is 21.5 Å². The number of carbonyl (C=O) groups excluding carboxylic acids is 1. The number of nitrogens with zero attached hydrogens (tertiary/aromatic N) is 6. The lowest BCUT2D eigenvalue weighted by Gasteiger charge is -2.43. The Hall–Kier alpha value is -4.95. The van der Waals surface area contributed by atoms with E-state index in [-0.39, 0.29) is 30.2 Å². The average molecular weight is 539 g/mol. The first kappa shape index (κ1) is 26.6. The van der Waals surface area contributed by atoms with Crippen molar-refractivity contribution in [3.63, 3.8) is 0 Å². The zero-order valence-electron chi connectivity index (χ0n) is 22.4. The lowest BCUT2D eigenvalue weighted by atomic mass is 9.95. The zero-order chi connectivity index (χ0) is 28.3. The summed E-state index contributed by atoms with van der Waals surface area (Å²) in [6.07, 6.45) is 4.09. The summed E-state index contributed by atoms with van der Waals surface area (Å²) in [6, 6.07) is 18.4. The van der Waals surface area contributed by atoms with Crippen LogP contribution in [-0.2, 0) is 11.3 Å². The number of ether oxygens (including phenoxy) is 1. The van der Waals surface area contributed by atoms with E-state index in [1.807, 2.05) is 50.2 Å². The van der Waals surface area contributed by atoms with E-state index in [1.165, 1.54) is 15.5 Å². The average Bonchev–Trinajstić information content (AvgIpc) is 3.19. The molecule has 1 amide bonds. The summed E-state index contributed by atoms with van der Waals surface area (Å²) in [5, 5.41) is 12.4. The van der Waals surface area contributed by atoms with Crippen molar-refractivity contribution in [1.29, 1.82) is 5.26 Å². The predicted molar refractivity (Wildman–Crippen MR) is 151 cm³/mol. The number of likely N-dealkylation sites (tertiary alicyclic amines) is 1. The maximum atomic E-state index is 13.6. The van der Waals surface area contributed by atoms with E-state index in [4.69, 9.17) is 10.5 Å². The summed E-state index contributed by atoms with van der Waals surface area (Å²) in [6.45, 7) is 6.06. The van der Waals surface area contributed by atoms with Crippen LogP contribution in [-0.4, -0.2) is 55.1 Å². The monoisotopic (exact) mass is 538 g/mol. The Morgan fingerprint density at radius 1 is 1.12 bits per heavy atom. The quantitative estimate of drug-likeness (QED) is 0.244. The number of fused-ring (bicyclic) bond motifs is 1. The number of amides is 1. The minimum Gasteiger partial charge on any atom is -0.457 e. The molecule has 0 radical (unpaired) electrons. The van der Waals surface area contributed by atoms with Crippen molar-refractivity contribution in [2.75, 3.05) is 25.4 Å². The van der Waals surface area contributed by atoms with Crippen LogP contribution in [0.2, 0.25) is 0 Å². The fourth-order valence-corrected chi connectivity index (χ4v) is 4.69. The predicted octanol–water partition coefficient (Wildman–Crippen LogP) is 3.01. The molecular weight excluding hydrogens is 508 g/mol. The number of carbonyl (C=O) groups is 1. The topological polar surface area (TPSA) is 144 Å². The summed E-state index contributed by atoms with van der Waals surface area (Å²) in [4.78, 5) is 36.9. The van der Waals surface area contributed by atoms with Gasteiger partial charge in [0.15, 0.2) is 11.5 Å². The number of nitrogens with two attached hydrogens (primary N) is 1. The summed E-state index contributed by atoms with van der Waals surface area (Å²) >= 11 is 0. The molecular formula is C29H30N8O3. The molecule has 0 aliphatic carbocycles. The first-order valence-corrected chi connectivity index (χ1v) is 13.0. The molecule has 0 bridgehead atoms. The number of nitriles is 1. The van der Waals surface area contributed by atoms with Crippen molar-refractivity contribution in [1.82, 2.24) is 29.3 Å². The summed E-state index contributed by atoms with van der Waals surface area (Å²) in [5.74, 6) is 0.966. The standard InChI is InChI=1S/C29H30N8O3/c1-29(2,35-14-6-15-35)17-20(18-30)27(38)32-13-16-36-26-24(25(31)33-19-34-26)37(28(36)39)21-9-11-23(12-10-21)40-22-7-4-3-5-8-22/h3-5,7-12,17,19H,6,13-16H2,1-2H3,(H,32,38)(H2,31,33,34). The molecule has 1 saturated heterocycles. The van der Waals surface area contributed by atoms with Crippen molar-refractivity contribution in [2.24, 2.45) is 0 Å². The van der Waals surface area contributed by atoms with Gasteiger partial charge in [0.2, 0.25) is 0 Å². The van der Waals surface area contributed by atoms with Gasteiger partial charge in [0.1, 0.15) is 35.0 Å². The van der Waals surface area contributed by atoms with E-state index in [0.29, 0.717) is 28.4 Å². The Bertz CT molecular complexity index is 1660. The van der Waals surface area contributed by atoms with Gasteiger partial charge in [-0.25, -0.2) is 14.8 Å². The third-order valence-corrected chi connectivity index (χ3v) is 6.96. The van der Waals surface area contributed by atoms with Crippen LogP contribution in [0.3, 0.4) is 0 Å². The van der Waals surface area contributed by atoms with Gasteiger partial charge in [-0.1, -0.05) is 18.2 Å². The molecule has 4 aromatic rings. The van der Waals surface area contributed by atoms with Crippen LogP contribution in [0.25, 0.3) is 16.9 Å². The van der Waals surface area contributed by atoms with Crippen LogP contribution >= 0.6 is 0 Å².